The number of rotatable bonds is 4. The molecule has 1 rings (SSSR count). The van der Waals surface area contributed by atoms with Crippen molar-refractivity contribution in [1.29, 1.82) is 0 Å². The predicted molar refractivity (Wildman–Crippen MR) is 57.8 cm³/mol. The number of nitrogens with two attached hydrogens (primary N) is 1. The van der Waals surface area contributed by atoms with Gasteiger partial charge in [0.05, 0.1) is 4.92 Å². The topological polar surface area (TPSA) is 82.0 Å². The van der Waals surface area contributed by atoms with Crippen LogP contribution < -0.4 is 5.73 Å². The molecule has 0 aliphatic rings. The summed E-state index contributed by atoms with van der Waals surface area (Å²) in [7, 11) is 0. The molecule has 6 heteroatoms. The van der Waals surface area contributed by atoms with E-state index in [9.17, 15) is 10.1 Å². The molecule has 0 fully saturated rings. The first-order valence-electron chi connectivity index (χ1n) is 4.54. The number of hydrogen-bond donors (Lipinski definition) is 1. The third-order valence-electron chi connectivity index (χ3n) is 2.04. The van der Waals surface area contributed by atoms with E-state index in [2.05, 4.69) is 4.98 Å². The van der Waals surface area contributed by atoms with E-state index in [0.29, 0.717) is 13.0 Å². The maximum atomic E-state index is 10.5. The summed E-state index contributed by atoms with van der Waals surface area (Å²) >= 11 is 5.67. The van der Waals surface area contributed by atoms with Crippen molar-refractivity contribution in [3.8, 4) is 0 Å². The van der Waals surface area contributed by atoms with Gasteiger partial charge in [-0.15, -0.1) is 0 Å². The lowest BCUT2D eigenvalue weighted by Crippen LogP contribution is -2.13. The van der Waals surface area contributed by atoms with E-state index in [-0.39, 0.29) is 16.8 Å². The molecule has 1 heterocycles. The van der Waals surface area contributed by atoms with Crippen LogP contribution in [0, 0.1) is 16.0 Å². The SMILES string of the molecule is CC(CN)Cc1ccc([N+](=O)[O-])c(Cl)n1. The van der Waals surface area contributed by atoms with Crippen molar-refractivity contribution in [2.24, 2.45) is 11.7 Å². The molecule has 2 N–H and O–H groups in total. The highest BCUT2D eigenvalue weighted by molar-refractivity contribution is 6.31. The molecule has 1 aromatic rings. The predicted octanol–water partition coefficient (Wildman–Crippen LogP) is 1.78. The van der Waals surface area contributed by atoms with Crippen LogP contribution in [0.25, 0.3) is 0 Å². The van der Waals surface area contributed by atoms with Crippen molar-refractivity contribution in [2.45, 2.75) is 13.3 Å². The number of nitrogens with zero attached hydrogens (tertiary/aromatic N) is 2. The van der Waals surface area contributed by atoms with Gasteiger partial charge in [-0.2, -0.15) is 0 Å². The minimum atomic E-state index is -0.550. The fourth-order valence-electron chi connectivity index (χ4n) is 1.15. The Bertz CT molecular complexity index is 370. The zero-order valence-corrected chi connectivity index (χ0v) is 9.07. The van der Waals surface area contributed by atoms with Crippen LogP contribution in [0.3, 0.4) is 0 Å². The molecule has 0 saturated heterocycles. The first-order valence-corrected chi connectivity index (χ1v) is 4.92. The van der Waals surface area contributed by atoms with E-state index in [1.165, 1.54) is 6.07 Å². The summed E-state index contributed by atoms with van der Waals surface area (Å²) in [6.07, 6.45) is 0.675. The average Bonchev–Trinajstić information content (AvgIpc) is 2.17. The highest BCUT2D eigenvalue weighted by Gasteiger charge is 2.14. The molecule has 0 radical (unpaired) electrons. The van der Waals surface area contributed by atoms with Crippen molar-refractivity contribution >= 4 is 17.3 Å². The standard InChI is InChI=1S/C9H12ClN3O2/c1-6(5-11)4-7-2-3-8(13(14)15)9(10)12-7/h2-3,6H,4-5,11H2,1H3. The molecule has 0 aliphatic carbocycles. The lowest BCUT2D eigenvalue weighted by Gasteiger charge is -2.07. The van der Waals surface area contributed by atoms with Gasteiger partial charge in [0.2, 0.25) is 5.15 Å². The molecule has 1 aromatic heterocycles. The van der Waals surface area contributed by atoms with Gasteiger partial charge >= 0.3 is 5.69 Å². The molecule has 0 amide bonds. The summed E-state index contributed by atoms with van der Waals surface area (Å²) in [6.45, 7) is 2.54. The van der Waals surface area contributed by atoms with E-state index in [1.807, 2.05) is 6.92 Å². The summed E-state index contributed by atoms with van der Waals surface area (Å²) in [5, 5.41) is 10.4. The first-order chi connectivity index (χ1) is 7.04. The number of pyridine rings is 1. The second-order valence-electron chi connectivity index (χ2n) is 3.41. The highest BCUT2D eigenvalue weighted by Crippen LogP contribution is 2.22. The summed E-state index contributed by atoms with van der Waals surface area (Å²) in [6, 6.07) is 2.98. The largest absolute Gasteiger partial charge is 0.330 e. The Morgan fingerprint density at radius 2 is 2.33 bits per heavy atom. The normalized spacial score (nSPS) is 12.5. The van der Waals surface area contributed by atoms with Gasteiger partial charge in [-0.25, -0.2) is 4.98 Å². The highest BCUT2D eigenvalue weighted by atomic mass is 35.5. The van der Waals surface area contributed by atoms with Crippen molar-refractivity contribution < 1.29 is 4.92 Å². The fourth-order valence-corrected chi connectivity index (χ4v) is 1.40. The Kier molecular flexibility index (Phi) is 3.99. The summed E-state index contributed by atoms with van der Waals surface area (Å²) in [4.78, 5) is 13.9. The molecule has 0 spiro atoms. The number of nitro groups is 1. The van der Waals surface area contributed by atoms with Gasteiger partial charge in [0.25, 0.3) is 0 Å². The lowest BCUT2D eigenvalue weighted by molar-refractivity contribution is -0.385. The van der Waals surface area contributed by atoms with Gasteiger partial charge in [-0.3, -0.25) is 10.1 Å². The minimum Gasteiger partial charge on any atom is -0.330 e. The van der Waals surface area contributed by atoms with E-state index in [4.69, 9.17) is 17.3 Å². The monoisotopic (exact) mass is 229 g/mol. The van der Waals surface area contributed by atoms with E-state index in [0.717, 1.165) is 5.69 Å². The summed E-state index contributed by atoms with van der Waals surface area (Å²) in [5.74, 6) is 0.287. The van der Waals surface area contributed by atoms with E-state index in [1.54, 1.807) is 6.07 Å². The van der Waals surface area contributed by atoms with Crippen LogP contribution in [0.15, 0.2) is 12.1 Å². The second kappa shape index (κ2) is 5.04. The van der Waals surface area contributed by atoms with Crippen LogP contribution in [0.5, 0.6) is 0 Å². The molecule has 0 bridgehead atoms. The fraction of sp³-hybridized carbons (Fsp3) is 0.444. The average molecular weight is 230 g/mol. The van der Waals surface area contributed by atoms with Crippen molar-refractivity contribution in [1.82, 2.24) is 4.98 Å². The Hall–Kier alpha value is -1.20. The molecule has 15 heavy (non-hydrogen) atoms. The van der Waals surface area contributed by atoms with E-state index < -0.39 is 4.92 Å². The summed E-state index contributed by atoms with van der Waals surface area (Å²) in [5.41, 5.74) is 6.03. The number of aromatic nitrogens is 1. The van der Waals surface area contributed by atoms with Crippen molar-refractivity contribution in [2.75, 3.05) is 6.54 Å². The Balaban J connectivity index is 2.87. The maximum absolute atomic E-state index is 10.5. The molecule has 5 nitrogen and oxygen atoms in total. The molecule has 0 aliphatic heterocycles. The molecular weight excluding hydrogens is 218 g/mol. The molecule has 1 unspecified atom stereocenters. The van der Waals surface area contributed by atoms with Crippen LogP contribution in [0.1, 0.15) is 12.6 Å². The van der Waals surface area contributed by atoms with Crippen LogP contribution in [0.4, 0.5) is 5.69 Å². The summed E-state index contributed by atoms with van der Waals surface area (Å²) < 4.78 is 0. The molecule has 0 saturated carbocycles. The van der Waals surface area contributed by atoms with Crippen LogP contribution in [-0.2, 0) is 6.42 Å². The van der Waals surface area contributed by atoms with Crippen molar-refractivity contribution in [3.05, 3.63) is 33.1 Å². The van der Waals surface area contributed by atoms with Crippen LogP contribution >= 0.6 is 11.6 Å². The zero-order valence-electron chi connectivity index (χ0n) is 8.31. The third kappa shape index (κ3) is 3.14. The smallest absolute Gasteiger partial charge is 0.306 e. The van der Waals surface area contributed by atoms with Gasteiger partial charge in [0.15, 0.2) is 0 Å². The first kappa shape index (κ1) is 11.9. The number of hydrogen-bond acceptors (Lipinski definition) is 4. The van der Waals surface area contributed by atoms with Gasteiger partial charge in [0, 0.05) is 11.8 Å². The Morgan fingerprint density at radius 1 is 1.67 bits per heavy atom. The van der Waals surface area contributed by atoms with Gasteiger partial charge < -0.3 is 5.73 Å². The van der Waals surface area contributed by atoms with Crippen molar-refractivity contribution in [3.63, 3.8) is 0 Å². The van der Waals surface area contributed by atoms with Gasteiger partial charge in [0.1, 0.15) is 0 Å². The molecule has 82 valence electrons. The third-order valence-corrected chi connectivity index (χ3v) is 2.32. The lowest BCUT2D eigenvalue weighted by atomic mass is 10.1. The molecule has 0 aromatic carbocycles. The van der Waals surface area contributed by atoms with Crippen LogP contribution in [-0.4, -0.2) is 16.5 Å². The molecule has 1 atom stereocenters. The Labute approximate surface area is 92.4 Å². The van der Waals surface area contributed by atoms with Crippen LogP contribution in [0.2, 0.25) is 5.15 Å². The maximum Gasteiger partial charge on any atom is 0.306 e. The Morgan fingerprint density at radius 3 is 2.80 bits per heavy atom. The second-order valence-corrected chi connectivity index (χ2v) is 3.77. The van der Waals surface area contributed by atoms with E-state index >= 15 is 0 Å². The van der Waals surface area contributed by atoms with Gasteiger partial charge in [-0.1, -0.05) is 18.5 Å². The quantitative estimate of drug-likeness (QED) is 0.485. The zero-order chi connectivity index (χ0) is 11.4. The molecular formula is C9H12ClN3O2. The number of halogens is 1. The van der Waals surface area contributed by atoms with Gasteiger partial charge in [-0.05, 0) is 24.9 Å². The minimum absolute atomic E-state index is 0.0679.